The molecular formula is C9H10Cl2N2. The molecule has 0 amide bonds. The van der Waals surface area contributed by atoms with Gasteiger partial charge in [-0.25, -0.2) is 0 Å². The maximum Gasteiger partial charge on any atom is 0.0640 e. The summed E-state index contributed by atoms with van der Waals surface area (Å²) in [5, 5.41) is 1.45. The molecule has 13 heavy (non-hydrogen) atoms. The largest absolute Gasteiger partial charge is 0.362 e. The van der Waals surface area contributed by atoms with Gasteiger partial charge in [0.05, 0.1) is 16.8 Å². The molecule has 0 radical (unpaired) electrons. The predicted molar refractivity (Wildman–Crippen MR) is 56.7 cm³/mol. The van der Waals surface area contributed by atoms with E-state index in [1.54, 1.807) is 6.07 Å². The highest BCUT2D eigenvalue weighted by molar-refractivity contribution is 6.35. The van der Waals surface area contributed by atoms with Crippen LogP contribution in [0.4, 0.5) is 5.69 Å². The lowest BCUT2D eigenvalue weighted by Gasteiger charge is -2.07. The molecule has 1 aromatic rings. The number of rotatable bonds is 2. The molecule has 0 saturated carbocycles. The van der Waals surface area contributed by atoms with E-state index >= 15 is 0 Å². The highest BCUT2D eigenvalue weighted by Crippen LogP contribution is 2.35. The van der Waals surface area contributed by atoms with Crippen molar-refractivity contribution in [3.05, 3.63) is 28.2 Å². The SMILES string of the molecule is NCC1CN1c1cc(Cl)ccc1Cl. The lowest BCUT2D eigenvalue weighted by Crippen LogP contribution is -2.11. The first-order valence-corrected chi connectivity index (χ1v) is 4.89. The number of anilines is 1. The molecule has 0 spiro atoms. The molecule has 1 aliphatic rings. The van der Waals surface area contributed by atoms with Crippen LogP contribution in [0.25, 0.3) is 0 Å². The Morgan fingerprint density at radius 2 is 2.23 bits per heavy atom. The molecule has 1 aromatic carbocycles. The van der Waals surface area contributed by atoms with Crippen molar-refractivity contribution in [2.24, 2.45) is 5.73 Å². The Morgan fingerprint density at radius 3 is 2.85 bits per heavy atom. The van der Waals surface area contributed by atoms with Crippen LogP contribution >= 0.6 is 23.2 Å². The van der Waals surface area contributed by atoms with E-state index < -0.39 is 0 Å². The van der Waals surface area contributed by atoms with Crippen LogP contribution in [0.3, 0.4) is 0 Å². The van der Waals surface area contributed by atoms with Crippen molar-refractivity contribution < 1.29 is 0 Å². The zero-order chi connectivity index (χ0) is 9.42. The van der Waals surface area contributed by atoms with Crippen LogP contribution in [0, 0.1) is 0 Å². The van der Waals surface area contributed by atoms with Crippen molar-refractivity contribution in [3.63, 3.8) is 0 Å². The van der Waals surface area contributed by atoms with Gasteiger partial charge in [0.2, 0.25) is 0 Å². The summed E-state index contributed by atoms with van der Waals surface area (Å²) in [7, 11) is 0. The fourth-order valence-corrected chi connectivity index (χ4v) is 1.78. The fourth-order valence-electron chi connectivity index (χ4n) is 1.38. The van der Waals surface area contributed by atoms with E-state index in [4.69, 9.17) is 28.9 Å². The quantitative estimate of drug-likeness (QED) is 0.769. The molecule has 2 nitrogen and oxygen atoms in total. The Kier molecular flexibility index (Phi) is 2.37. The van der Waals surface area contributed by atoms with Gasteiger partial charge in [-0.1, -0.05) is 23.2 Å². The van der Waals surface area contributed by atoms with Crippen LogP contribution in [-0.4, -0.2) is 19.1 Å². The van der Waals surface area contributed by atoms with Gasteiger partial charge in [0.15, 0.2) is 0 Å². The molecular weight excluding hydrogens is 207 g/mol. The Labute approximate surface area is 87.2 Å². The van der Waals surface area contributed by atoms with Crippen LogP contribution in [0.15, 0.2) is 18.2 Å². The average Bonchev–Trinajstić information content (AvgIpc) is 2.88. The second-order valence-electron chi connectivity index (χ2n) is 3.14. The Morgan fingerprint density at radius 1 is 1.46 bits per heavy atom. The molecule has 1 fully saturated rings. The van der Waals surface area contributed by atoms with Gasteiger partial charge in [-0.05, 0) is 18.2 Å². The molecule has 1 saturated heterocycles. The van der Waals surface area contributed by atoms with E-state index in [-0.39, 0.29) is 0 Å². The van der Waals surface area contributed by atoms with Gasteiger partial charge in [-0.15, -0.1) is 0 Å². The zero-order valence-electron chi connectivity index (χ0n) is 7.00. The normalized spacial score (nSPS) is 20.5. The molecule has 0 aromatic heterocycles. The van der Waals surface area contributed by atoms with E-state index in [1.165, 1.54) is 0 Å². The standard InChI is InChI=1S/C9H10Cl2N2/c10-6-1-2-8(11)9(3-6)13-5-7(13)4-12/h1-3,7H,4-5,12H2. The Hall–Kier alpha value is -0.440. The summed E-state index contributed by atoms with van der Waals surface area (Å²) in [6.45, 7) is 1.65. The summed E-state index contributed by atoms with van der Waals surface area (Å²) in [6, 6.07) is 5.91. The molecule has 1 atom stereocenters. The first kappa shape index (κ1) is 9.13. The third-order valence-corrected chi connectivity index (χ3v) is 2.76. The summed E-state index contributed by atoms with van der Waals surface area (Å²) in [4.78, 5) is 2.15. The molecule has 4 heteroatoms. The van der Waals surface area contributed by atoms with E-state index in [0.717, 1.165) is 17.3 Å². The summed E-state index contributed by atoms with van der Waals surface area (Å²) >= 11 is 11.9. The van der Waals surface area contributed by atoms with E-state index in [0.29, 0.717) is 17.6 Å². The molecule has 0 aliphatic carbocycles. The van der Waals surface area contributed by atoms with Crippen molar-refractivity contribution in [3.8, 4) is 0 Å². The molecule has 1 heterocycles. The smallest absolute Gasteiger partial charge is 0.0640 e. The first-order valence-electron chi connectivity index (χ1n) is 4.14. The third kappa shape index (κ3) is 1.75. The number of hydrogen-bond donors (Lipinski definition) is 1. The van der Waals surface area contributed by atoms with E-state index in [2.05, 4.69) is 4.90 Å². The molecule has 0 bridgehead atoms. The number of nitrogens with zero attached hydrogens (tertiary/aromatic N) is 1. The van der Waals surface area contributed by atoms with Gasteiger partial charge < -0.3 is 10.6 Å². The van der Waals surface area contributed by atoms with Gasteiger partial charge in [-0.2, -0.15) is 0 Å². The summed E-state index contributed by atoms with van der Waals surface area (Å²) in [6.07, 6.45) is 0. The second-order valence-corrected chi connectivity index (χ2v) is 3.98. The average molecular weight is 217 g/mol. The highest BCUT2D eigenvalue weighted by Gasteiger charge is 2.33. The van der Waals surface area contributed by atoms with Crippen LogP contribution in [-0.2, 0) is 0 Å². The molecule has 1 aliphatic heterocycles. The highest BCUT2D eigenvalue weighted by atomic mass is 35.5. The number of benzene rings is 1. The second kappa shape index (κ2) is 3.37. The van der Waals surface area contributed by atoms with Crippen LogP contribution in [0.5, 0.6) is 0 Å². The van der Waals surface area contributed by atoms with E-state index in [9.17, 15) is 0 Å². The van der Waals surface area contributed by atoms with Gasteiger partial charge in [0.25, 0.3) is 0 Å². The van der Waals surface area contributed by atoms with Gasteiger partial charge >= 0.3 is 0 Å². The lowest BCUT2D eigenvalue weighted by atomic mass is 10.3. The van der Waals surface area contributed by atoms with Crippen molar-refractivity contribution in [1.82, 2.24) is 0 Å². The fraction of sp³-hybridized carbons (Fsp3) is 0.333. The Balaban J connectivity index is 2.25. The van der Waals surface area contributed by atoms with Crippen LogP contribution < -0.4 is 10.6 Å². The topological polar surface area (TPSA) is 29.0 Å². The van der Waals surface area contributed by atoms with Gasteiger partial charge in [-0.3, -0.25) is 0 Å². The minimum Gasteiger partial charge on any atom is -0.362 e. The van der Waals surface area contributed by atoms with Crippen molar-refractivity contribution in [2.75, 3.05) is 18.0 Å². The van der Waals surface area contributed by atoms with Gasteiger partial charge in [0, 0.05) is 18.1 Å². The first-order chi connectivity index (χ1) is 6.22. The maximum absolute atomic E-state index is 6.01. The summed E-state index contributed by atoms with van der Waals surface area (Å²) in [5.41, 5.74) is 6.52. The lowest BCUT2D eigenvalue weighted by molar-refractivity contribution is 0.967. The van der Waals surface area contributed by atoms with Crippen molar-refractivity contribution >= 4 is 28.9 Å². The van der Waals surface area contributed by atoms with Crippen LogP contribution in [0.1, 0.15) is 0 Å². The molecule has 2 N–H and O–H groups in total. The van der Waals surface area contributed by atoms with E-state index in [1.807, 2.05) is 12.1 Å². The maximum atomic E-state index is 6.01. The number of halogens is 2. The summed E-state index contributed by atoms with van der Waals surface area (Å²) < 4.78 is 0. The number of nitrogens with two attached hydrogens (primary N) is 1. The monoisotopic (exact) mass is 216 g/mol. The van der Waals surface area contributed by atoms with Crippen molar-refractivity contribution in [1.29, 1.82) is 0 Å². The number of hydrogen-bond acceptors (Lipinski definition) is 2. The molecule has 2 rings (SSSR count). The Bertz CT molecular complexity index is 327. The molecule has 70 valence electrons. The predicted octanol–water partition coefficient (Wildman–Crippen LogP) is 2.14. The van der Waals surface area contributed by atoms with Crippen LogP contribution in [0.2, 0.25) is 10.0 Å². The summed E-state index contributed by atoms with van der Waals surface area (Å²) in [5.74, 6) is 0. The van der Waals surface area contributed by atoms with Gasteiger partial charge in [0.1, 0.15) is 0 Å². The third-order valence-electron chi connectivity index (χ3n) is 2.20. The van der Waals surface area contributed by atoms with Crippen molar-refractivity contribution in [2.45, 2.75) is 6.04 Å². The minimum absolute atomic E-state index is 0.441. The zero-order valence-corrected chi connectivity index (χ0v) is 8.52. The molecule has 1 unspecified atom stereocenters. The minimum atomic E-state index is 0.441.